The summed E-state index contributed by atoms with van der Waals surface area (Å²) in [6.07, 6.45) is 9.00. The van der Waals surface area contributed by atoms with Crippen molar-refractivity contribution in [1.82, 2.24) is 19.4 Å². The zero-order chi connectivity index (χ0) is 18.8. The Hall–Kier alpha value is -1.92. The summed E-state index contributed by atoms with van der Waals surface area (Å²) in [5, 5.41) is 13.4. The van der Waals surface area contributed by atoms with Gasteiger partial charge in [0.25, 0.3) is 5.56 Å². The normalized spacial score (nSPS) is 36.3. The molecule has 2 saturated carbocycles. The highest BCUT2D eigenvalue weighted by atomic mass is 16.3. The molecule has 28 heavy (non-hydrogen) atoms. The smallest absolute Gasteiger partial charge is 0.261 e. The number of aromatic nitrogens is 3. The SMILES string of the molecule is O=c1c(-c2nccn2C2C[C@H]3CC(O)C[C@H]3C2)ccc2n1C[C@@H]1CNC[C@H]2C1. The highest BCUT2D eigenvalue weighted by Crippen LogP contribution is 2.49. The van der Waals surface area contributed by atoms with E-state index in [1.807, 2.05) is 23.0 Å². The number of aliphatic hydroxyl groups excluding tert-OH is 1. The Morgan fingerprint density at radius 3 is 2.71 bits per heavy atom. The van der Waals surface area contributed by atoms with Crippen LogP contribution in [0, 0.1) is 17.8 Å². The molecule has 0 aromatic carbocycles. The number of imidazole rings is 1. The molecule has 6 nitrogen and oxygen atoms in total. The molecule has 0 amide bonds. The van der Waals surface area contributed by atoms with E-state index in [4.69, 9.17) is 0 Å². The van der Waals surface area contributed by atoms with Crippen molar-refractivity contribution in [2.45, 2.75) is 56.7 Å². The highest BCUT2D eigenvalue weighted by molar-refractivity contribution is 5.55. The second-order valence-corrected chi connectivity index (χ2v) is 9.47. The maximum Gasteiger partial charge on any atom is 0.261 e. The summed E-state index contributed by atoms with van der Waals surface area (Å²) in [6, 6.07) is 4.55. The zero-order valence-electron chi connectivity index (χ0n) is 16.1. The van der Waals surface area contributed by atoms with Gasteiger partial charge in [-0.25, -0.2) is 4.98 Å². The number of hydrogen-bond donors (Lipinski definition) is 2. The molecule has 6 rings (SSSR count). The number of pyridine rings is 1. The molecular formula is C22H28N4O2. The molecule has 2 aliphatic heterocycles. The first-order chi connectivity index (χ1) is 13.7. The van der Waals surface area contributed by atoms with Gasteiger partial charge in [-0.1, -0.05) is 0 Å². The maximum atomic E-state index is 13.4. The van der Waals surface area contributed by atoms with E-state index >= 15 is 0 Å². The van der Waals surface area contributed by atoms with Gasteiger partial charge < -0.3 is 19.6 Å². The van der Waals surface area contributed by atoms with Crippen molar-refractivity contribution in [3.8, 4) is 11.4 Å². The van der Waals surface area contributed by atoms with Crippen molar-refractivity contribution >= 4 is 0 Å². The first-order valence-corrected chi connectivity index (χ1v) is 10.8. The van der Waals surface area contributed by atoms with Gasteiger partial charge in [-0.3, -0.25) is 4.79 Å². The molecule has 2 bridgehead atoms. The fraction of sp³-hybridized carbons (Fsp3) is 0.636. The minimum Gasteiger partial charge on any atom is -0.393 e. The van der Waals surface area contributed by atoms with Gasteiger partial charge in [-0.05, 0) is 68.5 Å². The summed E-state index contributed by atoms with van der Waals surface area (Å²) in [5.41, 5.74) is 2.04. The lowest BCUT2D eigenvalue weighted by Gasteiger charge is -2.37. The Bertz CT molecular complexity index is 950. The van der Waals surface area contributed by atoms with Gasteiger partial charge in [0.1, 0.15) is 5.82 Å². The lowest BCUT2D eigenvalue weighted by atomic mass is 9.84. The van der Waals surface area contributed by atoms with Crippen LogP contribution in [0.1, 0.15) is 49.8 Å². The second kappa shape index (κ2) is 6.29. The minimum absolute atomic E-state index is 0.113. The van der Waals surface area contributed by atoms with Crippen LogP contribution in [-0.4, -0.2) is 38.4 Å². The lowest BCUT2D eigenvalue weighted by molar-refractivity contribution is 0.169. The average Bonchev–Trinajstić information content (AvgIpc) is 3.37. The highest BCUT2D eigenvalue weighted by Gasteiger charge is 2.42. The molecule has 6 heteroatoms. The van der Waals surface area contributed by atoms with Crippen LogP contribution in [0.15, 0.2) is 29.3 Å². The standard InChI is InChI=1S/C22H28N4O2/c27-18-8-14-6-17(7-15(14)9-18)25-4-3-24-21(25)19-1-2-20-16-5-13(10-23-11-16)12-26(20)22(19)28/h1-4,13-18,23,27H,5-12H2/t13-,14-,15+,16+,17?,18?/m0/s1. The quantitative estimate of drug-likeness (QED) is 0.837. The predicted molar refractivity (Wildman–Crippen MR) is 106 cm³/mol. The molecule has 2 unspecified atom stereocenters. The molecule has 2 aliphatic carbocycles. The molecule has 3 fully saturated rings. The Balaban J connectivity index is 1.36. The van der Waals surface area contributed by atoms with Gasteiger partial charge >= 0.3 is 0 Å². The van der Waals surface area contributed by atoms with Crippen LogP contribution in [0.4, 0.5) is 0 Å². The largest absolute Gasteiger partial charge is 0.393 e. The Morgan fingerprint density at radius 1 is 1.07 bits per heavy atom. The van der Waals surface area contributed by atoms with Crippen LogP contribution in [0.2, 0.25) is 0 Å². The molecule has 2 aromatic heterocycles. The summed E-state index contributed by atoms with van der Waals surface area (Å²) in [6.45, 7) is 2.80. The Labute approximate surface area is 164 Å². The number of nitrogens with one attached hydrogen (secondary N) is 1. The van der Waals surface area contributed by atoms with Gasteiger partial charge in [0.2, 0.25) is 0 Å². The molecule has 4 aliphatic rings. The summed E-state index contributed by atoms with van der Waals surface area (Å²) in [7, 11) is 0. The monoisotopic (exact) mass is 380 g/mol. The molecule has 6 atom stereocenters. The third-order valence-electron chi connectivity index (χ3n) is 7.78. The van der Waals surface area contributed by atoms with Crippen LogP contribution < -0.4 is 10.9 Å². The summed E-state index contributed by atoms with van der Waals surface area (Å²) < 4.78 is 4.26. The fourth-order valence-corrected chi connectivity index (χ4v) is 6.56. The number of hydrogen-bond acceptors (Lipinski definition) is 4. The molecule has 0 radical (unpaired) electrons. The van der Waals surface area contributed by atoms with Crippen LogP contribution in [0.5, 0.6) is 0 Å². The second-order valence-electron chi connectivity index (χ2n) is 9.47. The molecule has 4 heterocycles. The molecule has 148 valence electrons. The van der Waals surface area contributed by atoms with E-state index in [2.05, 4.69) is 20.9 Å². The van der Waals surface area contributed by atoms with Crippen LogP contribution in [0.3, 0.4) is 0 Å². The van der Waals surface area contributed by atoms with Crippen LogP contribution in [-0.2, 0) is 6.54 Å². The summed E-state index contributed by atoms with van der Waals surface area (Å²) in [4.78, 5) is 18.0. The third-order valence-corrected chi connectivity index (χ3v) is 7.78. The van der Waals surface area contributed by atoms with Crippen molar-refractivity contribution in [2.75, 3.05) is 13.1 Å². The van der Waals surface area contributed by atoms with Crippen LogP contribution in [0.25, 0.3) is 11.4 Å². The summed E-state index contributed by atoms with van der Waals surface area (Å²) >= 11 is 0. The number of nitrogens with zero attached hydrogens (tertiary/aromatic N) is 3. The van der Waals surface area contributed by atoms with Gasteiger partial charge in [0.05, 0.1) is 11.7 Å². The van der Waals surface area contributed by atoms with E-state index in [0.717, 1.165) is 56.7 Å². The van der Waals surface area contributed by atoms with E-state index in [1.165, 1.54) is 12.1 Å². The van der Waals surface area contributed by atoms with E-state index in [0.29, 0.717) is 29.7 Å². The van der Waals surface area contributed by atoms with Crippen molar-refractivity contribution in [1.29, 1.82) is 0 Å². The number of piperidine rings is 1. The summed E-state index contributed by atoms with van der Waals surface area (Å²) in [5.74, 6) is 3.06. The first-order valence-electron chi connectivity index (χ1n) is 10.8. The van der Waals surface area contributed by atoms with E-state index in [9.17, 15) is 9.90 Å². The number of aliphatic hydroxyl groups is 1. The molecule has 2 N–H and O–H groups in total. The Morgan fingerprint density at radius 2 is 1.89 bits per heavy atom. The van der Waals surface area contributed by atoms with Crippen molar-refractivity contribution < 1.29 is 5.11 Å². The van der Waals surface area contributed by atoms with Gasteiger partial charge in [0, 0.05) is 43.1 Å². The maximum absolute atomic E-state index is 13.4. The fourth-order valence-electron chi connectivity index (χ4n) is 6.56. The molecular weight excluding hydrogens is 352 g/mol. The Kier molecular flexibility index (Phi) is 3.82. The number of rotatable bonds is 2. The molecule has 0 spiro atoms. The lowest BCUT2D eigenvalue weighted by Crippen LogP contribution is -2.45. The van der Waals surface area contributed by atoms with Gasteiger partial charge in [-0.15, -0.1) is 0 Å². The van der Waals surface area contributed by atoms with Crippen molar-refractivity contribution in [3.63, 3.8) is 0 Å². The van der Waals surface area contributed by atoms with Crippen molar-refractivity contribution in [3.05, 3.63) is 40.6 Å². The van der Waals surface area contributed by atoms with Gasteiger partial charge in [-0.2, -0.15) is 0 Å². The minimum atomic E-state index is -0.113. The van der Waals surface area contributed by atoms with Crippen molar-refractivity contribution in [2.24, 2.45) is 17.8 Å². The predicted octanol–water partition coefficient (Wildman–Crippen LogP) is 2.14. The average molecular weight is 380 g/mol. The van der Waals surface area contributed by atoms with E-state index < -0.39 is 0 Å². The van der Waals surface area contributed by atoms with E-state index in [-0.39, 0.29) is 11.7 Å². The molecule has 1 saturated heterocycles. The molecule has 2 aromatic rings. The topological polar surface area (TPSA) is 72.1 Å². The van der Waals surface area contributed by atoms with Crippen LogP contribution >= 0.6 is 0 Å². The zero-order valence-corrected chi connectivity index (χ0v) is 16.1. The first kappa shape index (κ1) is 17.0. The van der Waals surface area contributed by atoms with Gasteiger partial charge in [0.15, 0.2) is 0 Å². The third kappa shape index (κ3) is 2.54. The number of fused-ring (bicyclic) bond motifs is 5. The van der Waals surface area contributed by atoms with E-state index in [1.54, 1.807) is 0 Å².